The van der Waals surface area contributed by atoms with Gasteiger partial charge in [0, 0.05) is 24.2 Å². The fraction of sp³-hybridized carbons (Fsp3) is 0.0769. The first-order chi connectivity index (χ1) is 8.88. The van der Waals surface area contributed by atoms with Crippen molar-refractivity contribution >= 4 is 0 Å². The van der Waals surface area contributed by atoms with E-state index in [0.717, 1.165) is 16.9 Å². The molecule has 0 unspecified atom stereocenters. The lowest BCUT2D eigenvalue weighted by Crippen LogP contribution is -1.94. The largest absolute Gasteiger partial charge is 0.388 e. The molecule has 0 amide bonds. The molecule has 0 saturated carbocycles. The number of nitrogens with zero attached hydrogens (tertiary/aromatic N) is 3. The zero-order valence-electron chi connectivity index (χ0n) is 9.61. The summed E-state index contributed by atoms with van der Waals surface area (Å²) in [7, 11) is 0. The van der Waals surface area contributed by atoms with Gasteiger partial charge >= 0.3 is 0 Å². The summed E-state index contributed by atoms with van der Waals surface area (Å²) in [6.45, 7) is -0.0900. The summed E-state index contributed by atoms with van der Waals surface area (Å²) in [5, 5.41) is 9.04. The lowest BCUT2D eigenvalue weighted by atomic mass is 10.1. The normalized spacial score (nSPS) is 10.7. The van der Waals surface area contributed by atoms with Crippen LogP contribution in [0.25, 0.3) is 16.9 Å². The molecule has 0 aliphatic rings. The van der Waals surface area contributed by atoms with E-state index >= 15 is 0 Å². The fourth-order valence-electron chi connectivity index (χ4n) is 1.90. The Morgan fingerprint density at radius 2 is 2.17 bits per heavy atom. The van der Waals surface area contributed by atoms with E-state index in [0.29, 0.717) is 5.82 Å². The summed E-state index contributed by atoms with van der Waals surface area (Å²) in [6.07, 6.45) is 7.17. The van der Waals surface area contributed by atoms with Crippen LogP contribution < -0.4 is 0 Å². The van der Waals surface area contributed by atoms with E-state index in [2.05, 4.69) is 15.0 Å². The number of aromatic nitrogens is 4. The molecule has 0 fully saturated rings. The predicted octanol–water partition coefficient (Wildman–Crippen LogP) is 1.75. The van der Waals surface area contributed by atoms with Gasteiger partial charge in [0.15, 0.2) is 0 Å². The maximum absolute atomic E-state index is 9.04. The molecule has 0 atom stereocenters. The lowest BCUT2D eigenvalue weighted by Gasteiger charge is -2.07. The van der Waals surface area contributed by atoms with Gasteiger partial charge in [-0.1, -0.05) is 18.2 Å². The fourth-order valence-corrected chi connectivity index (χ4v) is 1.90. The van der Waals surface area contributed by atoms with Gasteiger partial charge in [0.05, 0.1) is 17.7 Å². The van der Waals surface area contributed by atoms with Crippen molar-refractivity contribution in [1.82, 2.24) is 19.5 Å². The van der Waals surface area contributed by atoms with Crippen LogP contribution in [0.1, 0.15) is 5.82 Å². The van der Waals surface area contributed by atoms with Crippen LogP contribution in [-0.4, -0.2) is 24.6 Å². The van der Waals surface area contributed by atoms with E-state index in [1.165, 1.54) is 0 Å². The van der Waals surface area contributed by atoms with Gasteiger partial charge in [-0.2, -0.15) is 0 Å². The highest BCUT2D eigenvalue weighted by Crippen LogP contribution is 2.24. The van der Waals surface area contributed by atoms with Crippen molar-refractivity contribution < 1.29 is 5.11 Å². The van der Waals surface area contributed by atoms with E-state index in [1.807, 2.05) is 35.0 Å². The summed E-state index contributed by atoms with van der Waals surface area (Å²) in [6, 6.07) is 7.93. The Balaban J connectivity index is 2.12. The monoisotopic (exact) mass is 240 g/mol. The van der Waals surface area contributed by atoms with E-state index in [-0.39, 0.29) is 6.61 Å². The van der Waals surface area contributed by atoms with Crippen molar-refractivity contribution in [3.63, 3.8) is 0 Å². The number of aliphatic hydroxyl groups excluding tert-OH is 1. The quantitative estimate of drug-likeness (QED) is 0.733. The number of hydrogen-bond donors (Lipinski definition) is 2. The average molecular weight is 240 g/mol. The van der Waals surface area contributed by atoms with Crippen molar-refractivity contribution in [1.29, 1.82) is 0 Å². The highest BCUT2D eigenvalue weighted by Gasteiger charge is 2.09. The van der Waals surface area contributed by atoms with Crippen molar-refractivity contribution in [3.05, 3.63) is 55.0 Å². The zero-order valence-corrected chi connectivity index (χ0v) is 9.61. The minimum Gasteiger partial charge on any atom is -0.388 e. The van der Waals surface area contributed by atoms with Gasteiger partial charge in [0.1, 0.15) is 12.4 Å². The number of aromatic amines is 1. The van der Waals surface area contributed by atoms with Gasteiger partial charge in [-0.15, -0.1) is 0 Å². The molecule has 2 heterocycles. The molecule has 0 aliphatic heterocycles. The number of hydrogen-bond acceptors (Lipinski definition) is 3. The van der Waals surface area contributed by atoms with Crippen LogP contribution in [0.3, 0.4) is 0 Å². The Hall–Kier alpha value is -2.40. The molecule has 0 radical (unpaired) electrons. The number of para-hydroxylation sites is 1. The van der Waals surface area contributed by atoms with Gasteiger partial charge in [-0.25, -0.2) is 9.97 Å². The minimum absolute atomic E-state index is 0.0900. The van der Waals surface area contributed by atoms with E-state index in [1.54, 1.807) is 18.7 Å². The lowest BCUT2D eigenvalue weighted by molar-refractivity contribution is 0.272. The molecule has 0 bridgehead atoms. The van der Waals surface area contributed by atoms with Gasteiger partial charge in [-0.3, -0.25) is 0 Å². The maximum atomic E-state index is 9.04. The maximum Gasteiger partial charge on any atom is 0.132 e. The molecular formula is C13H12N4O. The van der Waals surface area contributed by atoms with Gasteiger partial charge in [0.25, 0.3) is 0 Å². The number of rotatable bonds is 3. The highest BCUT2D eigenvalue weighted by atomic mass is 16.3. The molecule has 18 heavy (non-hydrogen) atoms. The number of benzene rings is 1. The summed E-state index contributed by atoms with van der Waals surface area (Å²) >= 11 is 0. The highest BCUT2D eigenvalue weighted by molar-refractivity contribution is 5.69. The van der Waals surface area contributed by atoms with Crippen LogP contribution in [0.2, 0.25) is 0 Å². The van der Waals surface area contributed by atoms with Crippen LogP contribution in [0.5, 0.6) is 0 Å². The standard InChI is InChI=1S/C13H12N4O/c18-8-13-15-7-11(16-13)10-3-1-2-4-12(10)17-6-5-14-9-17/h1-7,9,18H,8H2,(H,15,16). The molecule has 90 valence electrons. The zero-order chi connectivity index (χ0) is 12.4. The van der Waals surface area contributed by atoms with Gasteiger partial charge < -0.3 is 14.7 Å². The third-order valence-corrected chi connectivity index (χ3v) is 2.74. The summed E-state index contributed by atoms with van der Waals surface area (Å²) in [4.78, 5) is 11.3. The Kier molecular flexibility index (Phi) is 2.66. The van der Waals surface area contributed by atoms with Gasteiger partial charge in [-0.05, 0) is 6.07 Å². The molecule has 0 aliphatic carbocycles. The molecule has 2 N–H and O–H groups in total. The predicted molar refractivity (Wildman–Crippen MR) is 67.1 cm³/mol. The number of imidazole rings is 2. The third-order valence-electron chi connectivity index (χ3n) is 2.74. The molecule has 0 saturated heterocycles. The minimum atomic E-state index is -0.0900. The van der Waals surface area contributed by atoms with Crippen molar-refractivity contribution in [2.45, 2.75) is 6.61 Å². The first kappa shape index (κ1) is 10.7. The first-order valence-corrected chi connectivity index (χ1v) is 5.61. The van der Waals surface area contributed by atoms with Gasteiger partial charge in [0.2, 0.25) is 0 Å². The molecular weight excluding hydrogens is 228 g/mol. The van der Waals surface area contributed by atoms with Crippen LogP contribution >= 0.6 is 0 Å². The topological polar surface area (TPSA) is 66.7 Å². The molecule has 0 spiro atoms. The molecule has 5 nitrogen and oxygen atoms in total. The molecule has 3 aromatic rings. The molecule has 3 rings (SSSR count). The second-order valence-corrected chi connectivity index (χ2v) is 3.88. The SMILES string of the molecule is OCc1nc(-c2ccccc2-n2ccnc2)c[nH]1. The second kappa shape index (κ2) is 4.46. The van der Waals surface area contributed by atoms with Crippen LogP contribution in [0, 0.1) is 0 Å². The number of nitrogens with one attached hydrogen (secondary N) is 1. The summed E-state index contributed by atoms with van der Waals surface area (Å²) in [5.74, 6) is 0.561. The number of H-pyrrole nitrogens is 1. The van der Waals surface area contributed by atoms with E-state index in [4.69, 9.17) is 5.11 Å². The first-order valence-electron chi connectivity index (χ1n) is 5.61. The Morgan fingerprint density at radius 1 is 1.28 bits per heavy atom. The molecule has 5 heteroatoms. The number of aliphatic hydroxyl groups is 1. The van der Waals surface area contributed by atoms with Crippen LogP contribution in [0.4, 0.5) is 0 Å². The van der Waals surface area contributed by atoms with Crippen molar-refractivity contribution in [2.24, 2.45) is 0 Å². The third kappa shape index (κ3) is 1.80. The van der Waals surface area contributed by atoms with E-state index in [9.17, 15) is 0 Å². The van der Waals surface area contributed by atoms with Crippen molar-refractivity contribution in [3.8, 4) is 16.9 Å². The average Bonchev–Trinajstić information content (AvgIpc) is 3.10. The Morgan fingerprint density at radius 3 is 2.89 bits per heavy atom. The summed E-state index contributed by atoms with van der Waals surface area (Å²) in [5.41, 5.74) is 2.81. The van der Waals surface area contributed by atoms with Crippen molar-refractivity contribution in [2.75, 3.05) is 0 Å². The van der Waals surface area contributed by atoms with Crippen LogP contribution in [-0.2, 0) is 6.61 Å². The smallest absolute Gasteiger partial charge is 0.132 e. The Bertz CT molecular complexity index is 643. The van der Waals surface area contributed by atoms with Crippen LogP contribution in [0.15, 0.2) is 49.2 Å². The van der Waals surface area contributed by atoms with E-state index < -0.39 is 0 Å². The summed E-state index contributed by atoms with van der Waals surface area (Å²) < 4.78 is 1.93. The second-order valence-electron chi connectivity index (χ2n) is 3.88. The molecule has 2 aromatic heterocycles. The Labute approximate surface area is 104 Å². The molecule has 1 aromatic carbocycles.